The molecule has 0 bridgehead atoms. The maximum absolute atomic E-state index is 12.9. The van der Waals surface area contributed by atoms with Gasteiger partial charge >= 0.3 is 0 Å². The molecule has 180 valence electrons. The Bertz CT molecular complexity index is 1430. The lowest BCUT2D eigenvalue weighted by atomic mass is 10.1. The minimum atomic E-state index is -3.62. The van der Waals surface area contributed by atoms with E-state index in [0.29, 0.717) is 12.1 Å². The van der Waals surface area contributed by atoms with Crippen LogP contribution in [0.4, 0.5) is 0 Å². The fourth-order valence-corrected chi connectivity index (χ4v) is 4.74. The monoisotopic (exact) mass is 488 g/mol. The number of rotatable bonds is 8. The first-order valence-corrected chi connectivity index (χ1v) is 12.7. The van der Waals surface area contributed by atoms with Crippen molar-refractivity contribution < 1.29 is 13.2 Å². The molecule has 1 N–H and O–H groups in total. The summed E-state index contributed by atoms with van der Waals surface area (Å²) < 4.78 is 29.6. The van der Waals surface area contributed by atoms with E-state index in [1.807, 2.05) is 50.4 Å². The first-order chi connectivity index (χ1) is 16.7. The van der Waals surface area contributed by atoms with E-state index in [0.717, 1.165) is 27.9 Å². The summed E-state index contributed by atoms with van der Waals surface area (Å²) in [5.74, 6) is -0.125. The second kappa shape index (κ2) is 10.2. The second-order valence-electron chi connectivity index (χ2n) is 8.56. The number of carbonyl (C=O) groups excluding carboxylic acids is 1. The van der Waals surface area contributed by atoms with Crippen LogP contribution in [0.25, 0.3) is 5.69 Å². The van der Waals surface area contributed by atoms with E-state index in [1.54, 1.807) is 65.3 Å². The number of hydrogen-bond donors (Lipinski definition) is 1. The van der Waals surface area contributed by atoms with Gasteiger partial charge in [0.2, 0.25) is 10.0 Å². The van der Waals surface area contributed by atoms with Crippen LogP contribution in [-0.2, 0) is 23.1 Å². The summed E-state index contributed by atoms with van der Waals surface area (Å²) in [6, 6.07) is 21.8. The molecule has 0 atom stereocenters. The molecule has 8 heteroatoms. The Balaban J connectivity index is 1.36. The van der Waals surface area contributed by atoms with Crippen LogP contribution in [0.5, 0.6) is 0 Å². The number of aryl methyl sites for hydroxylation is 2. The summed E-state index contributed by atoms with van der Waals surface area (Å²) in [6.45, 7) is 4.38. The van der Waals surface area contributed by atoms with E-state index in [4.69, 9.17) is 0 Å². The quantitative estimate of drug-likeness (QED) is 0.402. The van der Waals surface area contributed by atoms with Crippen LogP contribution >= 0.6 is 0 Å². The molecule has 0 aliphatic carbocycles. The number of sulfonamides is 1. The topological polar surface area (TPSA) is 84.3 Å². The molecule has 0 fully saturated rings. The van der Waals surface area contributed by atoms with Crippen molar-refractivity contribution in [1.82, 2.24) is 19.4 Å². The zero-order chi connectivity index (χ0) is 25.0. The van der Waals surface area contributed by atoms with E-state index in [2.05, 4.69) is 9.82 Å². The molecule has 0 spiro atoms. The summed E-state index contributed by atoms with van der Waals surface area (Å²) >= 11 is 0. The molecule has 0 saturated carbocycles. The molecule has 0 aliphatic rings. The molecule has 1 heterocycles. The minimum absolute atomic E-state index is 0.125. The van der Waals surface area contributed by atoms with E-state index in [9.17, 15) is 13.2 Å². The highest BCUT2D eigenvalue weighted by Crippen LogP contribution is 2.16. The Labute approximate surface area is 206 Å². The number of benzene rings is 3. The number of amides is 1. The van der Waals surface area contributed by atoms with Crippen LogP contribution in [0, 0.1) is 13.8 Å². The van der Waals surface area contributed by atoms with Crippen molar-refractivity contribution >= 4 is 15.9 Å². The Morgan fingerprint density at radius 1 is 0.943 bits per heavy atom. The first kappa shape index (κ1) is 24.4. The number of nitrogens with one attached hydrogen (secondary N) is 1. The van der Waals surface area contributed by atoms with Crippen LogP contribution in [0.2, 0.25) is 0 Å². The molecular formula is C27H28N4O3S. The van der Waals surface area contributed by atoms with Gasteiger partial charge in [-0.15, -0.1) is 0 Å². The fraction of sp³-hybridized carbons (Fsp3) is 0.185. The van der Waals surface area contributed by atoms with E-state index in [-0.39, 0.29) is 17.3 Å². The maximum Gasteiger partial charge on any atom is 0.253 e. The highest BCUT2D eigenvalue weighted by Gasteiger charge is 2.16. The molecule has 35 heavy (non-hydrogen) atoms. The van der Waals surface area contributed by atoms with Gasteiger partial charge in [0, 0.05) is 37.5 Å². The Hall–Kier alpha value is -3.75. The number of nitrogens with zero attached hydrogens (tertiary/aromatic N) is 3. The van der Waals surface area contributed by atoms with Gasteiger partial charge in [0.1, 0.15) is 0 Å². The molecular weight excluding hydrogens is 460 g/mol. The third-order valence-corrected chi connectivity index (χ3v) is 7.28. The summed E-state index contributed by atoms with van der Waals surface area (Å²) in [4.78, 5) is 14.8. The molecule has 0 aliphatic heterocycles. The summed E-state index contributed by atoms with van der Waals surface area (Å²) in [5.41, 5.74) is 5.13. The van der Waals surface area contributed by atoms with Gasteiger partial charge < -0.3 is 4.90 Å². The number of hydrogen-bond acceptors (Lipinski definition) is 4. The SMILES string of the molecule is Cc1ccc(S(=O)(=O)NCc2ccc(C(=O)N(C)Cc3cnn(-c4ccccc4)c3)cc2)cc1C. The highest BCUT2D eigenvalue weighted by atomic mass is 32.2. The number of para-hydroxylation sites is 1. The average molecular weight is 489 g/mol. The molecule has 4 aromatic rings. The van der Waals surface area contributed by atoms with Crippen molar-refractivity contribution in [2.75, 3.05) is 7.05 Å². The van der Waals surface area contributed by atoms with E-state index >= 15 is 0 Å². The van der Waals surface area contributed by atoms with Gasteiger partial charge in [-0.25, -0.2) is 17.8 Å². The molecule has 1 amide bonds. The van der Waals surface area contributed by atoms with E-state index < -0.39 is 10.0 Å². The lowest BCUT2D eigenvalue weighted by molar-refractivity contribution is 0.0785. The van der Waals surface area contributed by atoms with Crippen LogP contribution in [0.3, 0.4) is 0 Å². The molecule has 0 radical (unpaired) electrons. The minimum Gasteiger partial charge on any atom is -0.337 e. The second-order valence-corrected chi connectivity index (χ2v) is 10.3. The average Bonchev–Trinajstić information content (AvgIpc) is 3.33. The molecule has 4 rings (SSSR count). The molecule has 1 aromatic heterocycles. The summed E-state index contributed by atoms with van der Waals surface area (Å²) in [6.07, 6.45) is 3.66. The van der Waals surface area contributed by atoms with Crippen molar-refractivity contribution in [3.05, 3.63) is 113 Å². The van der Waals surface area contributed by atoms with Crippen molar-refractivity contribution in [3.63, 3.8) is 0 Å². The first-order valence-electron chi connectivity index (χ1n) is 11.2. The lowest BCUT2D eigenvalue weighted by Gasteiger charge is -2.16. The number of carbonyl (C=O) groups is 1. The Morgan fingerprint density at radius 3 is 2.34 bits per heavy atom. The van der Waals surface area contributed by atoms with Crippen LogP contribution in [-0.4, -0.2) is 36.1 Å². The van der Waals surface area contributed by atoms with Gasteiger partial charge in [-0.1, -0.05) is 36.4 Å². The smallest absolute Gasteiger partial charge is 0.253 e. The highest BCUT2D eigenvalue weighted by molar-refractivity contribution is 7.89. The van der Waals surface area contributed by atoms with Crippen molar-refractivity contribution in [1.29, 1.82) is 0 Å². The standard InChI is InChI=1S/C27H28N4O3S/c1-20-9-14-26(15-21(20)2)35(33,34)29-17-22-10-12-24(13-11-22)27(32)30(3)18-23-16-28-31(19-23)25-7-5-4-6-8-25/h4-16,19,29H,17-18H2,1-3H3. The van der Waals surface area contributed by atoms with Crippen molar-refractivity contribution in [3.8, 4) is 5.69 Å². The summed E-state index contributed by atoms with van der Waals surface area (Å²) in [5, 5.41) is 4.38. The van der Waals surface area contributed by atoms with Gasteiger partial charge in [-0.05, 0) is 66.9 Å². The normalized spacial score (nSPS) is 11.4. The summed E-state index contributed by atoms with van der Waals surface area (Å²) in [7, 11) is -1.88. The fourth-order valence-electron chi connectivity index (χ4n) is 3.64. The van der Waals surface area contributed by atoms with Gasteiger partial charge in [-0.2, -0.15) is 5.10 Å². The molecule has 0 saturated heterocycles. The van der Waals surface area contributed by atoms with Crippen molar-refractivity contribution in [2.45, 2.75) is 31.8 Å². The molecule has 7 nitrogen and oxygen atoms in total. The van der Waals surface area contributed by atoms with Crippen molar-refractivity contribution in [2.24, 2.45) is 0 Å². The van der Waals surface area contributed by atoms with Crippen LogP contribution < -0.4 is 4.72 Å². The zero-order valence-electron chi connectivity index (χ0n) is 20.0. The lowest BCUT2D eigenvalue weighted by Crippen LogP contribution is -2.26. The zero-order valence-corrected chi connectivity index (χ0v) is 20.8. The van der Waals surface area contributed by atoms with Gasteiger partial charge in [0.25, 0.3) is 5.91 Å². The Morgan fingerprint density at radius 2 is 1.66 bits per heavy atom. The van der Waals surface area contributed by atoms with Gasteiger partial charge in [0.15, 0.2) is 0 Å². The van der Waals surface area contributed by atoms with Crippen LogP contribution in [0.1, 0.15) is 32.6 Å². The predicted molar refractivity (Wildman–Crippen MR) is 136 cm³/mol. The molecule has 3 aromatic carbocycles. The Kier molecular flexibility index (Phi) is 7.14. The predicted octanol–water partition coefficient (Wildman–Crippen LogP) is 4.24. The van der Waals surface area contributed by atoms with E-state index in [1.165, 1.54) is 0 Å². The van der Waals surface area contributed by atoms with Gasteiger partial charge in [0.05, 0.1) is 16.8 Å². The molecule has 0 unspecified atom stereocenters. The maximum atomic E-state index is 12.9. The van der Waals surface area contributed by atoms with Crippen LogP contribution in [0.15, 0.2) is 90.1 Å². The third kappa shape index (κ3) is 5.85. The third-order valence-electron chi connectivity index (χ3n) is 5.88. The largest absolute Gasteiger partial charge is 0.337 e. The van der Waals surface area contributed by atoms with Gasteiger partial charge in [-0.3, -0.25) is 4.79 Å². The number of aromatic nitrogens is 2.